The highest BCUT2D eigenvalue weighted by Gasteiger charge is 2.38. The zero-order chi connectivity index (χ0) is 15.6. The minimum atomic E-state index is -5.08. The molecule has 10 heteroatoms. The van der Waals surface area contributed by atoms with Crippen molar-refractivity contribution in [2.75, 3.05) is 13.2 Å². The summed E-state index contributed by atoms with van der Waals surface area (Å²) < 4.78 is 40.9. The molecule has 0 spiro atoms. The van der Waals surface area contributed by atoms with Crippen molar-refractivity contribution in [1.82, 2.24) is 0 Å². The zero-order valence-corrected chi connectivity index (χ0v) is 10.2. The first kappa shape index (κ1) is 19.5. The van der Waals surface area contributed by atoms with Gasteiger partial charge in [-0.15, -0.1) is 0 Å². The van der Waals surface area contributed by atoms with E-state index in [4.69, 9.17) is 15.6 Å². The largest absolute Gasteiger partial charge is 0.490 e. The van der Waals surface area contributed by atoms with Crippen molar-refractivity contribution in [3.05, 3.63) is 0 Å². The normalized spacial score (nSPS) is 10.3. The summed E-state index contributed by atoms with van der Waals surface area (Å²) in [4.78, 5) is 29.5. The van der Waals surface area contributed by atoms with E-state index >= 15 is 0 Å². The molecule has 0 bridgehead atoms. The molecule has 0 saturated heterocycles. The highest BCUT2D eigenvalue weighted by Crippen LogP contribution is 2.13. The van der Waals surface area contributed by atoms with Gasteiger partial charge in [0.05, 0.1) is 6.04 Å². The average molecular weight is 289 g/mol. The van der Waals surface area contributed by atoms with E-state index in [1.165, 1.54) is 13.8 Å². The van der Waals surface area contributed by atoms with Gasteiger partial charge in [-0.3, -0.25) is 9.59 Å². The lowest BCUT2D eigenvalue weighted by molar-refractivity contribution is -0.192. The standard InChI is InChI=1S/C7H13NO4.C2HF3O2/c1-5(9)11-3-7(8)4-12-6(2)10;3-2(4,5)1(6)7/h7H,3-4,8H2,1-2H3;(H,6,7). The number of ether oxygens (including phenoxy) is 2. The molecule has 0 amide bonds. The number of aliphatic carboxylic acids is 1. The number of hydrogen-bond acceptors (Lipinski definition) is 6. The molecule has 3 N–H and O–H groups in total. The number of hydrogen-bond donors (Lipinski definition) is 2. The maximum Gasteiger partial charge on any atom is 0.490 e. The number of alkyl halides is 3. The smallest absolute Gasteiger partial charge is 0.475 e. The van der Waals surface area contributed by atoms with Gasteiger partial charge in [0.25, 0.3) is 0 Å². The topological polar surface area (TPSA) is 116 Å². The van der Waals surface area contributed by atoms with E-state index in [0.717, 1.165) is 0 Å². The van der Waals surface area contributed by atoms with Crippen LogP contribution < -0.4 is 5.73 Å². The van der Waals surface area contributed by atoms with E-state index < -0.39 is 30.1 Å². The van der Waals surface area contributed by atoms with Crippen LogP contribution in [0.3, 0.4) is 0 Å². The third kappa shape index (κ3) is 16.2. The summed E-state index contributed by atoms with van der Waals surface area (Å²) >= 11 is 0. The first-order chi connectivity index (χ1) is 8.46. The molecule has 0 saturated carbocycles. The number of esters is 2. The molecule has 0 heterocycles. The summed E-state index contributed by atoms with van der Waals surface area (Å²) in [5, 5.41) is 7.12. The zero-order valence-electron chi connectivity index (χ0n) is 10.2. The second-order valence-corrected chi connectivity index (χ2v) is 3.17. The van der Waals surface area contributed by atoms with E-state index in [1.807, 2.05) is 0 Å². The molecular weight excluding hydrogens is 275 g/mol. The van der Waals surface area contributed by atoms with Crippen LogP contribution in [0.15, 0.2) is 0 Å². The Morgan fingerprint density at radius 3 is 1.53 bits per heavy atom. The van der Waals surface area contributed by atoms with Crippen LogP contribution in [0.2, 0.25) is 0 Å². The first-order valence-corrected chi connectivity index (χ1v) is 4.79. The van der Waals surface area contributed by atoms with E-state index in [1.54, 1.807) is 0 Å². The number of carbonyl (C=O) groups excluding carboxylic acids is 2. The predicted octanol–water partition coefficient (Wildman–Crippen LogP) is 0.0732. The van der Waals surface area contributed by atoms with Gasteiger partial charge < -0.3 is 20.3 Å². The monoisotopic (exact) mass is 289 g/mol. The quantitative estimate of drug-likeness (QED) is 0.703. The van der Waals surface area contributed by atoms with E-state index in [2.05, 4.69) is 9.47 Å². The van der Waals surface area contributed by atoms with Crippen LogP contribution in [0.4, 0.5) is 13.2 Å². The Morgan fingerprint density at radius 1 is 1.11 bits per heavy atom. The molecule has 0 radical (unpaired) electrons. The van der Waals surface area contributed by atoms with Crippen LogP contribution in [0.25, 0.3) is 0 Å². The lowest BCUT2D eigenvalue weighted by atomic mass is 10.4. The van der Waals surface area contributed by atoms with Crippen LogP contribution in [0.5, 0.6) is 0 Å². The van der Waals surface area contributed by atoms with Crippen molar-refractivity contribution < 1.29 is 42.1 Å². The lowest BCUT2D eigenvalue weighted by Gasteiger charge is -2.10. The summed E-state index contributed by atoms with van der Waals surface area (Å²) in [6.45, 7) is 2.72. The van der Waals surface area contributed by atoms with Gasteiger partial charge in [0.1, 0.15) is 13.2 Å². The van der Waals surface area contributed by atoms with Gasteiger partial charge in [0, 0.05) is 13.8 Å². The second-order valence-electron chi connectivity index (χ2n) is 3.17. The summed E-state index contributed by atoms with van der Waals surface area (Å²) in [6.07, 6.45) is -5.08. The van der Waals surface area contributed by atoms with Crippen molar-refractivity contribution in [1.29, 1.82) is 0 Å². The fraction of sp³-hybridized carbons (Fsp3) is 0.667. The van der Waals surface area contributed by atoms with E-state index in [9.17, 15) is 22.8 Å². The molecule has 112 valence electrons. The van der Waals surface area contributed by atoms with Crippen LogP contribution in [-0.4, -0.2) is 48.4 Å². The fourth-order valence-electron chi connectivity index (χ4n) is 0.497. The SMILES string of the molecule is CC(=O)OCC(N)COC(C)=O.O=C(O)C(F)(F)F. The minimum Gasteiger partial charge on any atom is -0.475 e. The van der Waals surface area contributed by atoms with Gasteiger partial charge in [0.2, 0.25) is 0 Å². The molecular formula is C9H14F3NO6. The third-order valence-electron chi connectivity index (χ3n) is 1.24. The highest BCUT2D eigenvalue weighted by atomic mass is 19.4. The van der Waals surface area contributed by atoms with Crippen molar-refractivity contribution in [2.45, 2.75) is 26.1 Å². The second kappa shape index (κ2) is 9.14. The van der Waals surface area contributed by atoms with E-state index in [-0.39, 0.29) is 13.2 Å². The van der Waals surface area contributed by atoms with E-state index in [0.29, 0.717) is 0 Å². The number of carbonyl (C=O) groups is 3. The summed E-state index contributed by atoms with van der Waals surface area (Å²) in [6, 6.07) is -0.446. The molecule has 7 nitrogen and oxygen atoms in total. The Bertz CT molecular complexity index is 300. The molecule has 0 aliphatic rings. The van der Waals surface area contributed by atoms with Gasteiger partial charge in [-0.1, -0.05) is 0 Å². The molecule has 19 heavy (non-hydrogen) atoms. The van der Waals surface area contributed by atoms with Crippen LogP contribution in [-0.2, 0) is 23.9 Å². The Balaban J connectivity index is 0. The van der Waals surface area contributed by atoms with Crippen LogP contribution in [0.1, 0.15) is 13.8 Å². The summed E-state index contributed by atoms with van der Waals surface area (Å²) in [5.74, 6) is -3.55. The molecule has 0 aliphatic heterocycles. The number of carboxylic acid groups (broad SMARTS) is 1. The maximum absolute atomic E-state index is 10.6. The van der Waals surface area contributed by atoms with Crippen molar-refractivity contribution in [3.63, 3.8) is 0 Å². The van der Waals surface area contributed by atoms with Crippen LogP contribution in [0, 0.1) is 0 Å². The predicted molar refractivity (Wildman–Crippen MR) is 54.9 cm³/mol. The number of carboxylic acids is 1. The van der Waals surface area contributed by atoms with Gasteiger partial charge in [-0.05, 0) is 0 Å². The fourth-order valence-corrected chi connectivity index (χ4v) is 0.497. The minimum absolute atomic E-state index is 0.0720. The number of rotatable bonds is 4. The average Bonchev–Trinajstić information content (AvgIpc) is 2.22. The van der Waals surface area contributed by atoms with Gasteiger partial charge >= 0.3 is 24.1 Å². The van der Waals surface area contributed by atoms with Gasteiger partial charge in [0.15, 0.2) is 0 Å². The first-order valence-electron chi connectivity index (χ1n) is 4.79. The lowest BCUT2D eigenvalue weighted by Crippen LogP contribution is -2.32. The third-order valence-corrected chi connectivity index (χ3v) is 1.24. The maximum atomic E-state index is 10.6. The summed E-state index contributed by atoms with van der Waals surface area (Å²) in [7, 11) is 0. The van der Waals surface area contributed by atoms with Crippen molar-refractivity contribution in [2.24, 2.45) is 5.73 Å². The Labute approximate surface area is 106 Å². The Hall–Kier alpha value is -1.84. The van der Waals surface area contributed by atoms with Crippen molar-refractivity contribution >= 4 is 17.9 Å². The van der Waals surface area contributed by atoms with Gasteiger partial charge in [-0.2, -0.15) is 13.2 Å². The molecule has 0 atom stereocenters. The Kier molecular flexibility index (Phi) is 9.38. The highest BCUT2D eigenvalue weighted by molar-refractivity contribution is 5.73. The molecule has 0 unspecified atom stereocenters. The molecule has 0 aromatic heterocycles. The Morgan fingerprint density at radius 2 is 1.37 bits per heavy atom. The molecule has 0 aromatic rings. The van der Waals surface area contributed by atoms with Crippen molar-refractivity contribution in [3.8, 4) is 0 Å². The molecule has 0 rings (SSSR count). The molecule has 0 aromatic carbocycles. The van der Waals surface area contributed by atoms with Gasteiger partial charge in [-0.25, -0.2) is 4.79 Å². The van der Waals surface area contributed by atoms with Crippen LogP contribution >= 0.6 is 0 Å². The molecule has 0 aliphatic carbocycles. The number of halogens is 3. The molecule has 0 fully saturated rings. The number of nitrogens with two attached hydrogens (primary N) is 1. The summed E-state index contributed by atoms with van der Waals surface area (Å²) in [5.41, 5.74) is 5.42.